The lowest BCUT2D eigenvalue weighted by molar-refractivity contribution is -0.151. The molecule has 1 heterocycles. The average molecular weight is 241 g/mol. The second-order valence-corrected chi connectivity index (χ2v) is 4.86. The maximum Gasteiger partial charge on any atom is 0.248 e. The lowest BCUT2D eigenvalue weighted by Gasteiger charge is -2.40. The van der Waals surface area contributed by atoms with Crippen molar-refractivity contribution in [2.24, 2.45) is 0 Å². The summed E-state index contributed by atoms with van der Waals surface area (Å²) in [6, 6.07) is 0. The van der Waals surface area contributed by atoms with Gasteiger partial charge in [-0.15, -0.1) is 0 Å². The Kier molecular flexibility index (Phi) is 4.51. The summed E-state index contributed by atoms with van der Waals surface area (Å²) in [5, 5.41) is 3.21. The van der Waals surface area contributed by atoms with E-state index in [-0.39, 0.29) is 11.8 Å². The molecule has 0 aromatic heterocycles. The van der Waals surface area contributed by atoms with Crippen molar-refractivity contribution in [3.05, 3.63) is 0 Å². The number of likely N-dealkylation sites (N-methyl/N-ethyl adjacent to an activating group) is 1. The minimum Gasteiger partial charge on any atom is -0.338 e. The summed E-state index contributed by atoms with van der Waals surface area (Å²) in [7, 11) is 0. The minimum atomic E-state index is -0.752. The Morgan fingerprint density at radius 3 is 2.24 bits per heavy atom. The molecule has 0 aromatic carbocycles. The maximum absolute atomic E-state index is 12.4. The van der Waals surface area contributed by atoms with Crippen LogP contribution in [0, 0.1) is 0 Å². The van der Waals surface area contributed by atoms with Gasteiger partial charge < -0.3 is 15.1 Å². The summed E-state index contributed by atoms with van der Waals surface area (Å²) in [5.74, 6) is -0.0166. The molecule has 5 nitrogen and oxygen atoms in total. The highest BCUT2D eigenvalue weighted by molar-refractivity contribution is 5.90. The van der Waals surface area contributed by atoms with E-state index in [0.717, 1.165) is 26.2 Å². The molecule has 0 atom stereocenters. The van der Waals surface area contributed by atoms with Crippen LogP contribution in [0.25, 0.3) is 0 Å². The molecule has 0 aliphatic carbocycles. The van der Waals surface area contributed by atoms with Crippen molar-refractivity contribution in [1.82, 2.24) is 15.1 Å². The van der Waals surface area contributed by atoms with Gasteiger partial charge in [-0.05, 0) is 20.8 Å². The number of rotatable bonds is 3. The van der Waals surface area contributed by atoms with Gasteiger partial charge in [0, 0.05) is 39.6 Å². The fourth-order valence-corrected chi connectivity index (χ4v) is 2.38. The van der Waals surface area contributed by atoms with Gasteiger partial charge >= 0.3 is 0 Å². The normalized spacial score (nSPS) is 16.8. The van der Waals surface area contributed by atoms with Crippen molar-refractivity contribution < 1.29 is 9.59 Å². The highest BCUT2D eigenvalue weighted by Crippen LogP contribution is 2.18. The first-order valence-corrected chi connectivity index (χ1v) is 6.19. The summed E-state index contributed by atoms with van der Waals surface area (Å²) >= 11 is 0. The molecule has 2 amide bonds. The van der Waals surface area contributed by atoms with Crippen LogP contribution >= 0.6 is 0 Å². The lowest BCUT2D eigenvalue weighted by atomic mass is 10.00. The molecule has 5 heteroatoms. The second-order valence-electron chi connectivity index (χ2n) is 4.86. The van der Waals surface area contributed by atoms with E-state index in [0.29, 0.717) is 6.54 Å². The predicted octanol–water partition coefficient (Wildman–Crippen LogP) is 0.0652. The third-order valence-corrected chi connectivity index (χ3v) is 3.30. The van der Waals surface area contributed by atoms with Gasteiger partial charge in [0.2, 0.25) is 11.8 Å². The molecule has 98 valence electrons. The molecule has 0 bridgehead atoms. The average Bonchev–Trinajstić information content (AvgIpc) is 2.29. The van der Waals surface area contributed by atoms with Gasteiger partial charge in [-0.3, -0.25) is 9.59 Å². The Morgan fingerprint density at radius 2 is 1.82 bits per heavy atom. The Balaban J connectivity index is 2.79. The molecule has 1 fully saturated rings. The zero-order valence-corrected chi connectivity index (χ0v) is 11.2. The number of hydrogen-bond donors (Lipinski definition) is 1. The van der Waals surface area contributed by atoms with Gasteiger partial charge in [-0.2, -0.15) is 0 Å². The lowest BCUT2D eigenvalue weighted by Crippen LogP contribution is -2.60. The van der Waals surface area contributed by atoms with E-state index in [4.69, 9.17) is 0 Å². The highest BCUT2D eigenvalue weighted by Gasteiger charge is 2.38. The third-order valence-electron chi connectivity index (χ3n) is 3.30. The first-order valence-electron chi connectivity index (χ1n) is 6.19. The zero-order chi connectivity index (χ0) is 13.1. The fourth-order valence-electron chi connectivity index (χ4n) is 2.38. The first-order chi connectivity index (χ1) is 7.91. The van der Waals surface area contributed by atoms with Crippen molar-refractivity contribution in [3.63, 3.8) is 0 Å². The Bertz CT molecular complexity index is 296. The SMILES string of the molecule is CCN(C(C)=O)C(C)(C)C(=O)N1CCNCC1. The van der Waals surface area contributed by atoms with Crippen molar-refractivity contribution >= 4 is 11.8 Å². The summed E-state index contributed by atoms with van der Waals surface area (Å²) in [4.78, 5) is 27.4. The quantitative estimate of drug-likeness (QED) is 0.760. The van der Waals surface area contributed by atoms with Crippen LogP contribution in [-0.2, 0) is 9.59 Å². The van der Waals surface area contributed by atoms with E-state index in [1.807, 2.05) is 25.7 Å². The Labute approximate surface area is 103 Å². The molecule has 0 unspecified atom stereocenters. The molecule has 1 aliphatic rings. The van der Waals surface area contributed by atoms with Gasteiger partial charge in [-0.1, -0.05) is 0 Å². The van der Waals surface area contributed by atoms with Crippen LogP contribution in [0.3, 0.4) is 0 Å². The number of nitrogens with zero attached hydrogens (tertiary/aromatic N) is 2. The van der Waals surface area contributed by atoms with Crippen molar-refractivity contribution in [2.45, 2.75) is 33.2 Å². The predicted molar refractivity (Wildman–Crippen MR) is 66.6 cm³/mol. The number of hydrogen-bond acceptors (Lipinski definition) is 3. The molecule has 1 aliphatic heterocycles. The molecular formula is C12H23N3O2. The monoisotopic (exact) mass is 241 g/mol. The molecule has 1 rings (SSSR count). The van der Waals surface area contributed by atoms with Crippen LogP contribution in [0.5, 0.6) is 0 Å². The minimum absolute atomic E-state index is 0.0380. The molecule has 17 heavy (non-hydrogen) atoms. The van der Waals surface area contributed by atoms with Crippen molar-refractivity contribution in [2.75, 3.05) is 32.7 Å². The largest absolute Gasteiger partial charge is 0.338 e. The smallest absolute Gasteiger partial charge is 0.248 e. The fraction of sp³-hybridized carbons (Fsp3) is 0.833. The zero-order valence-electron chi connectivity index (χ0n) is 11.2. The molecule has 0 aromatic rings. The van der Waals surface area contributed by atoms with E-state index < -0.39 is 5.54 Å². The Hall–Kier alpha value is -1.10. The van der Waals surface area contributed by atoms with E-state index in [2.05, 4.69) is 5.32 Å². The van der Waals surface area contributed by atoms with E-state index in [9.17, 15) is 9.59 Å². The van der Waals surface area contributed by atoms with Crippen LogP contribution < -0.4 is 5.32 Å². The Morgan fingerprint density at radius 1 is 1.29 bits per heavy atom. The molecular weight excluding hydrogens is 218 g/mol. The van der Waals surface area contributed by atoms with Gasteiger partial charge in [0.05, 0.1) is 0 Å². The molecule has 0 spiro atoms. The van der Waals surface area contributed by atoms with Crippen LogP contribution in [-0.4, -0.2) is 59.9 Å². The van der Waals surface area contributed by atoms with Crippen LogP contribution in [0.2, 0.25) is 0 Å². The summed E-state index contributed by atoms with van der Waals surface area (Å²) < 4.78 is 0. The number of carbonyl (C=O) groups excluding carboxylic acids is 2. The van der Waals surface area contributed by atoms with Crippen LogP contribution in [0.15, 0.2) is 0 Å². The molecule has 1 saturated heterocycles. The second kappa shape index (κ2) is 5.49. The van der Waals surface area contributed by atoms with Gasteiger partial charge in [0.25, 0.3) is 0 Å². The molecule has 0 radical (unpaired) electrons. The standard InChI is InChI=1S/C12H23N3O2/c1-5-15(10(2)16)12(3,4)11(17)14-8-6-13-7-9-14/h13H,5-9H2,1-4H3. The van der Waals surface area contributed by atoms with Gasteiger partial charge in [-0.25, -0.2) is 0 Å². The first kappa shape index (κ1) is 14.0. The maximum atomic E-state index is 12.4. The topological polar surface area (TPSA) is 52.7 Å². The molecule has 0 saturated carbocycles. The van der Waals surface area contributed by atoms with Crippen LogP contribution in [0.4, 0.5) is 0 Å². The van der Waals surface area contributed by atoms with E-state index >= 15 is 0 Å². The summed E-state index contributed by atoms with van der Waals surface area (Å²) in [5.41, 5.74) is -0.752. The summed E-state index contributed by atoms with van der Waals surface area (Å²) in [6.07, 6.45) is 0. The number of piperazine rings is 1. The van der Waals surface area contributed by atoms with E-state index in [1.165, 1.54) is 6.92 Å². The van der Waals surface area contributed by atoms with E-state index in [1.54, 1.807) is 4.90 Å². The highest BCUT2D eigenvalue weighted by atomic mass is 16.2. The number of carbonyl (C=O) groups is 2. The third kappa shape index (κ3) is 2.97. The van der Waals surface area contributed by atoms with Crippen molar-refractivity contribution in [1.29, 1.82) is 0 Å². The van der Waals surface area contributed by atoms with Crippen molar-refractivity contribution in [3.8, 4) is 0 Å². The molecule has 1 N–H and O–H groups in total. The number of amides is 2. The van der Waals surface area contributed by atoms with Gasteiger partial charge in [0.1, 0.15) is 5.54 Å². The van der Waals surface area contributed by atoms with Crippen LogP contribution in [0.1, 0.15) is 27.7 Å². The van der Waals surface area contributed by atoms with Gasteiger partial charge in [0.15, 0.2) is 0 Å². The number of nitrogens with one attached hydrogen (secondary N) is 1. The summed E-state index contributed by atoms with van der Waals surface area (Å²) in [6.45, 7) is 10.7.